The molecule has 0 atom stereocenters. The van der Waals surface area contributed by atoms with Gasteiger partial charge in [-0.1, -0.05) is 12.1 Å². The van der Waals surface area contributed by atoms with Gasteiger partial charge in [0.2, 0.25) is 11.9 Å². The Labute approximate surface area is 183 Å². The topological polar surface area (TPSA) is 124 Å². The molecular formula is C20H24F3N7O2. The number of anilines is 2. The molecule has 12 heteroatoms. The fraction of sp³-hybridized carbons (Fsp3) is 0.300. The van der Waals surface area contributed by atoms with Crippen LogP contribution in [0.4, 0.5) is 24.9 Å². The Hall–Kier alpha value is -3.83. The van der Waals surface area contributed by atoms with Crippen molar-refractivity contribution in [2.24, 2.45) is 0 Å². The molecule has 2 aromatic rings. The number of carbonyl (C=O) groups excluding carboxylic acids is 1. The molecular weight excluding hydrogens is 427 g/mol. The van der Waals surface area contributed by atoms with E-state index in [-0.39, 0.29) is 48.3 Å². The van der Waals surface area contributed by atoms with Crippen molar-refractivity contribution in [1.82, 2.24) is 20.6 Å². The fourth-order valence-corrected chi connectivity index (χ4v) is 2.44. The Bertz CT molecular complexity index is 955. The maximum absolute atomic E-state index is 14.1. The molecule has 2 rings (SSSR count). The maximum Gasteiger partial charge on any atom is 0.387 e. The Morgan fingerprint density at radius 2 is 2.09 bits per heavy atom. The van der Waals surface area contributed by atoms with E-state index in [9.17, 15) is 18.0 Å². The first kappa shape index (κ1) is 24.4. The van der Waals surface area contributed by atoms with E-state index in [1.807, 2.05) is 13.8 Å². The van der Waals surface area contributed by atoms with Crippen LogP contribution in [0, 0.1) is 11.2 Å². The van der Waals surface area contributed by atoms with Crippen LogP contribution in [-0.4, -0.2) is 41.3 Å². The van der Waals surface area contributed by atoms with Crippen LogP contribution in [0.1, 0.15) is 19.4 Å². The first-order valence-corrected chi connectivity index (χ1v) is 9.57. The first-order chi connectivity index (χ1) is 15.3. The van der Waals surface area contributed by atoms with Crippen molar-refractivity contribution in [3.63, 3.8) is 0 Å². The van der Waals surface area contributed by atoms with Gasteiger partial charge < -0.3 is 31.4 Å². The van der Waals surface area contributed by atoms with E-state index in [0.717, 1.165) is 12.4 Å². The highest BCUT2D eigenvalue weighted by Crippen LogP contribution is 2.18. The second kappa shape index (κ2) is 12.1. The van der Waals surface area contributed by atoms with Crippen LogP contribution in [-0.2, 0) is 11.3 Å². The van der Waals surface area contributed by atoms with Crippen molar-refractivity contribution in [1.29, 1.82) is 5.41 Å². The molecule has 0 bridgehead atoms. The molecule has 1 heterocycles. The number of benzene rings is 1. The van der Waals surface area contributed by atoms with E-state index in [0.29, 0.717) is 5.56 Å². The molecule has 1 aromatic carbocycles. The van der Waals surface area contributed by atoms with Gasteiger partial charge in [-0.3, -0.25) is 4.79 Å². The van der Waals surface area contributed by atoms with Gasteiger partial charge in [-0.2, -0.15) is 13.8 Å². The van der Waals surface area contributed by atoms with Crippen molar-refractivity contribution in [3.8, 4) is 5.75 Å². The summed E-state index contributed by atoms with van der Waals surface area (Å²) in [7, 11) is 0. The number of hydrogen-bond donors (Lipinski definition) is 5. The lowest BCUT2D eigenvalue weighted by Crippen LogP contribution is -2.36. The lowest BCUT2D eigenvalue weighted by Gasteiger charge is -2.11. The van der Waals surface area contributed by atoms with Gasteiger partial charge >= 0.3 is 6.61 Å². The van der Waals surface area contributed by atoms with Crippen LogP contribution in [0.3, 0.4) is 0 Å². The molecule has 0 spiro atoms. The van der Waals surface area contributed by atoms with Gasteiger partial charge in [-0.25, -0.2) is 9.37 Å². The monoisotopic (exact) mass is 451 g/mol. The summed E-state index contributed by atoms with van der Waals surface area (Å²) in [4.78, 5) is 19.5. The highest BCUT2D eigenvalue weighted by Gasteiger charge is 2.09. The normalized spacial score (nSPS) is 11.3. The second-order valence-electron chi connectivity index (χ2n) is 6.74. The smallest absolute Gasteiger partial charge is 0.387 e. The third-order valence-corrected chi connectivity index (χ3v) is 3.71. The molecule has 0 unspecified atom stereocenters. The third-order valence-electron chi connectivity index (χ3n) is 3.71. The average Bonchev–Trinajstić information content (AvgIpc) is 2.72. The van der Waals surface area contributed by atoms with Crippen molar-refractivity contribution in [2.45, 2.75) is 33.0 Å². The molecule has 9 nitrogen and oxygen atoms in total. The van der Waals surface area contributed by atoms with Gasteiger partial charge in [-0.15, -0.1) is 0 Å². The molecule has 172 valence electrons. The van der Waals surface area contributed by atoms with Crippen molar-refractivity contribution >= 4 is 23.9 Å². The quantitative estimate of drug-likeness (QED) is 0.314. The number of ether oxygens (including phenoxy) is 1. The summed E-state index contributed by atoms with van der Waals surface area (Å²) in [6.45, 7) is 0.824. The van der Waals surface area contributed by atoms with Crippen molar-refractivity contribution < 1.29 is 22.7 Å². The SMILES string of the molecule is CC(C)NC(=O)CN/C=C(\C=N)Nc1ncc(F)c(NCc2cccc(OC(F)F)c2)n1. The summed E-state index contributed by atoms with van der Waals surface area (Å²) in [5.74, 6) is -1.07. The molecule has 0 aliphatic carbocycles. The van der Waals surface area contributed by atoms with Gasteiger partial charge in [-0.05, 0) is 31.5 Å². The molecule has 32 heavy (non-hydrogen) atoms. The Morgan fingerprint density at radius 3 is 2.78 bits per heavy atom. The summed E-state index contributed by atoms with van der Waals surface area (Å²) in [5.41, 5.74) is 0.802. The highest BCUT2D eigenvalue weighted by molar-refractivity contribution is 5.81. The predicted octanol–water partition coefficient (Wildman–Crippen LogP) is 2.85. The number of amides is 1. The molecule has 5 N–H and O–H groups in total. The minimum absolute atomic E-state index is 0.00260. The van der Waals surface area contributed by atoms with Crippen LogP contribution >= 0.6 is 0 Å². The van der Waals surface area contributed by atoms with Crippen LogP contribution in [0.5, 0.6) is 5.75 Å². The minimum Gasteiger partial charge on any atom is -0.435 e. The number of aromatic nitrogens is 2. The summed E-state index contributed by atoms with van der Waals surface area (Å²) in [6, 6.07) is 5.98. The number of alkyl halides is 2. The van der Waals surface area contributed by atoms with E-state index in [2.05, 4.69) is 36.0 Å². The van der Waals surface area contributed by atoms with E-state index in [4.69, 9.17) is 5.41 Å². The van der Waals surface area contributed by atoms with Crippen LogP contribution in [0.25, 0.3) is 0 Å². The summed E-state index contributed by atoms with van der Waals surface area (Å²) in [5, 5.41) is 18.4. The number of carbonyl (C=O) groups is 1. The van der Waals surface area contributed by atoms with Gasteiger partial charge in [0.1, 0.15) is 5.75 Å². The molecule has 1 aromatic heterocycles. The van der Waals surface area contributed by atoms with E-state index >= 15 is 0 Å². The molecule has 0 aliphatic heterocycles. The van der Waals surface area contributed by atoms with Crippen molar-refractivity contribution in [3.05, 3.63) is 53.7 Å². The lowest BCUT2D eigenvalue weighted by molar-refractivity contribution is -0.120. The van der Waals surface area contributed by atoms with Gasteiger partial charge in [0.15, 0.2) is 11.6 Å². The number of nitrogens with zero attached hydrogens (tertiary/aromatic N) is 2. The molecule has 0 saturated heterocycles. The molecule has 1 amide bonds. The van der Waals surface area contributed by atoms with E-state index < -0.39 is 12.4 Å². The number of halogens is 3. The highest BCUT2D eigenvalue weighted by atomic mass is 19.3. The number of hydrogen-bond acceptors (Lipinski definition) is 8. The van der Waals surface area contributed by atoms with Crippen LogP contribution in [0.15, 0.2) is 42.4 Å². The van der Waals surface area contributed by atoms with Gasteiger partial charge in [0.05, 0.1) is 18.4 Å². The zero-order valence-corrected chi connectivity index (χ0v) is 17.5. The van der Waals surface area contributed by atoms with Gasteiger partial charge in [0, 0.05) is 25.0 Å². The standard InChI is InChI=1S/C20H24F3N7O2/c1-12(2)28-17(31)11-25-9-14(7-24)29-20-27-10-16(21)18(30-20)26-8-13-4-3-5-15(6-13)32-19(22)23/h3-7,9-10,12,19,24-25H,8,11H2,1-2H3,(H,28,31)(H2,26,27,29,30)/b14-9+,24-7?. The average molecular weight is 451 g/mol. The summed E-state index contributed by atoms with van der Waals surface area (Å²) >= 11 is 0. The molecule has 0 fully saturated rings. The Balaban J connectivity index is 1.99. The minimum atomic E-state index is -2.94. The van der Waals surface area contributed by atoms with E-state index in [1.165, 1.54) is 24.4 Å². The fourth-order valence-electron chi connectivity index (χ4n) is 2.44. The zero-order valence-electron chi connectivity index (χ0n) is 17.5. The number of rotatable bonds is 12. The molecule has 0 aliphatic rings. The van der Waals surface area contributed by atoms with Crippen LogP contribution in [0.2, 0.25) is 0 Å². The number of nitrogens with one attached hydrogen (secondary N) is 5. The number of allylic oxidation sites excluding steroid dienone is 1. The summed E-state index contributed by atoms with van der Waals surface area (Å²) < 4.78 is 43.1. The zero-order chi connectivity index (χ0) is 23.5. The Morgan fingerprint density at radius 1 is 1.31 bits per heavy atom. The second-order valence-corrected chi connectivity index (χ2v) is 6.74. The first-order valence-electron chi connectivity index (χ1n) is 9.57. The largest absolute Gasteiger partial charge is 0.435 e. The third kappa shape index (κ3) is 8.50. The molecule has 0 saturated carbocycles. The van der Waals surface area contributed by atoms with Crippen LogP contribution < -0.4 is 26.0 Å². The Kier molecular flexibility index (Phi) is 9.26. The van der Waals surface area contributed by atoms with E-state index in [1.54, 1.807) is 6.07 Å². The maximum atomic E-state index is 14.1. The van der Waals surface area contributed by atoms with Crippen molar-refractivity contribution in [2.75, 3.05) is 17.2 Å². The van der Waals surface area contributed by atoms with Gasteiger partial charge in [0.25, 0.3) is 0 Å². The molecule has 0 radical (unpaired) electrons. The predicted molar refractivity (Wildman–Crippen MR) is 114 cm³/mol. The lowest BCUT2D eigenvalue weighted by atomic mass is 10.2. The summed E-state index contributed by atoms with van der Waals surface area (Å²) in [6.07, 6.45) is 3.31.